The highest BCUT2D eigenvalue weighted by Crippen LogP contribution is 2.38. The minimum absolute atomic E-state index is 0.113. The van der Waals surface area contributed by atoms with Crippen LogP contribution < -0.4 is 5.32 Å². The average molecular weight is 546 g/mol. The quantitative estimate of drug-likeness (QED) is 0.130. The molecule has 0 bridgehead atoms. The zero-order valence-electron chi connectivity index (χ0n) is 21.4. The van der Waals surface area contributed by atoms with E-state index in [1.165, 1.54) is 28.0 Å². The highest BCUT2D eigenvalue weighted by molar-refractivity contribution is 7.99. The molecule has 4 aromatic rings. The lowest BCUT2D eigenvalue weighted by atomic mass is 10.1. The van der Waals surface area contributed by atoms with E-state index in [4.69, 9.17) is 9.72 Å². The van der Waals surface area contributed by atoms with Gasteiger partial charge in [-0.15, -0.1) is 11.3 Å². The van der Waals surface area contributed by atoms with Crippen molar-refractivity contribution in [1.82, 2.24) is 9.97 Å². The number of benzene rings is 2. The number of aromatic amines is 1. The van der Waals surface area contributed by atoms with Gasteiger partial charge in [-0.25, -0.2) is 9.78 Å². The van der Waals surface area contributed by atoms with Gasteiger partial charge in [0.25, 0.3) is 0 Å². The summed E-state index contributed by atoms with van der Waals surface area (Å²) < 4.78 is 5.34. The van der Waals surface area contributed by atoms with Crippen molar-refractivity contribution in [3.8, 4) is 22.5 Å². The number of ether oxygens (including phenoxy) is 1. The molecule has 1 aliphatic carbocycles. The van der Waals surface area contributed by atoms with E-state index in [0.717, 1.165) is 65.3 Å². The summed E-state index contributed by atoms with van der Waals surface area (Å²) in [7, 11) is 0. The molecule has 38 heavy (non-hydrogen) atoms. The van der Waals surface area contributed by atoms with Crippen molar-refractivity contribution in [2.24, 2.45) is 0 Å². The second kappa shape index (κ2) is 12.5. The first-order valence-corrected chi connectivity index (χ1v) is 14.9. The van der Waals surface area contributed by atoms with Crippen LogP contribution in [0.5, 0.6) is 0 Å². The van der Waals surface area contributed by atoms with E-state index >= 15 is 0 Å². The standard InChI is InChI=1S/C30H31N3O3S2/c1-2-36-29(35)25-22-16-10-5-11-17-23(22)38-28(25)31-24(34)18-19-37-30-32-26(20-12-6-3-7-13-20)27(33-30)21-14-8-4-9-15-21/h3-4,6-9,12-15H,2,5,10-11,16-19H2,1H3,(H,31,34)(H,32,33). The van der Waals surface area contributed by atoms with Crippen molar-refractivity contribution in [2.45, 2.75) is 50.6 Å². The molecule has 2 aromatic carbocycles. The van der Waals surface area contributed by atoms with E-state index in [0.29, 0.717) is 29.3 Å². The molecular weight excluding hydrogens is 514 g/mol. The summed E-state index contributed by atoms with van der Waals surface area (Å²) in [5, 5.41) is 4.41. The smallest absolute Gasteiger partial charge is 0.341 e. The number of hydrogen-bond acceptors (Lipinski definition) is 6. The van der Waals surface area contributed by atoms with Crippen molar-refractivity contribution >= 4 is 40.0 Å². The van der Waals surface area contributed by atoms with E-state index in [9.17, 15) is 9.59 Å². The number of carbonyl (C=O) groups excluding carboxylic acids is 2. The van der Waals surface area contributed by atoms with Gasteiger partial charge < -0.3 is 15.0 Å². The second-order valence-corrected chi connectivity index (χ2v) is 11.3. The number of esters is 1. The molecule has 0 spiro atoms. The molecule has 2 heterocycles. The van der Waals surface area contributed by atoms with Crippen molar-refractivity contribution < 1.29 is 14.3 Å². The Hall–Kier alpha value is -3.36. The number of nitrogens with one attached hydrogen (secondary N) is 2. The molecule has 1 aliphatic rings. The van der Waals surface area contributed by atoms with Gasteiger partial charge in [-0.2, -0.15) is 0 Å². The lowest BCUT2D eigenvalue weighted by Crippen LogP contribution is -2.15. The van der Waals surface area contributed by atoms with Crippen LogP contribution in [0.1, 0.15) is 53.4 Å². The first-order chi connectivity index (χ1) is 18.6. The van der Waals surface area contributed by atoms with Gasteiger partial charge in [-0.3, -0.25) is 4.79 Å². The third-order valence-electron chi connectivity index (χ3n) is 6.51. The molecule has 0 aliphatic heterocycles. The number of nitrogens with zero attached hydrogens (tertiary/aromatic N) is 1. The Labute approximate surface area is 231 Å². The zero-order valence-corrected chi connectivity index (χ0v) is 23.1. The number of aromatic nitrogens is 2. The van der Waals surface area contributed by atoms with Crippen LogP contribution in [0.4, 0.5) is 5.00 Å². The molecular formula is C30H31N3O3S2. The second-order valence-electron chi connectivity index (χ2n) is 9.13. The van der Waals surface area contributed by atoms with Gasteiger partial charge >= 0.3 is 5.97 Å². The van der Waals surface area contributed by atoms with Gasteiger partial charge in [-0.1, -0.05) is 78.8 Å². The Morgan fingerprint density at radius 2 is 1.71 bits per heavy atom. The number of thioether (sulfide) groups is 1. The summed E-state index contributed by atoms with van der Waals surface area (Å²) in [4.78, 5) is 35.2. The average Bonchev–Trinajstić information content (AvgIpc) is 3.43. The van der Waals surface area contributed by atoms with Crippen molar-refractivity contribution in [3.05, 3.63) is 76.7 Å². The van der Waals surface area contributed by atoms with Crippen LogP contribution >= 0.6 is 23.1 Å². The highest BCUT2D eigenvalue weighted by atomic mass is 32.2. The maximum atomic E-state index is 12.9. The van der Waals surface area contributed by atoms with Crippen molar-refractivity contribution in [2.75, 3.05) is 17.7 Å². The summed E-state index contributed by atoms with van der Waals surface area (Å²) in [5.41, 5.74) is 5.57. The number of rotatable bonds is 9. The maximum Gasteiger partial charge on any atom is 0.341 e. The molecule has 2 aromatic heterocycles. The van der Waals surface area contributed by atoms with Gasteiger partial charge in [-0.05, 0) is 38.2 Å². The molecule has 0 radical (unpaired) electrons. The zero-order chi connectivity index (χ0) is 26.3. The number of hydrogen-bond donors (Lipinski definition) is 2. The van der Waals surface area contributed by atoms with Crippen LogP contribution in [0, 0.1) is 0 Å². The third-order valence-corrected chi connectivity index (χ3v) is 8.60. The lowest BCUT2D eigenvalue weighted by molar-refractivity contribution is -0.115. The highest BCUT2D eigenvalue weighted by Gasteiger charge is 2.26. The molecule has 0 fully saturated rings. The Bertz CT molecular complexity index is 1340. The topological polar surface area (TPSA) is 84.1 Å². The number of amides is 1. The van der Waals surface area contributed by atoms with E-state index in [-0.39, 0.29) is 11.9 Å². The van der Waals surface area contributed by atoms with Gasteiger partial charge in [0.2, 0.25) is 5.91 Å². The van der Waals surface area contributed by atoms with Crippen LogP contribution in [0.3, 0.4) is 0 Å². The summed E-state index contributed by atoms with van der Waals surface area (Å²) in [6.07, 6.45) is 5.44. The maximum absolute atomic E-state index is 12.9. The van der Waals surface area contributed by atoms with E-state index in [2.05, 4.69) is 22.4 Å². The number of H-pyrrole nitrogens is 1. The molecule has 8 heteroatoms. The molecule has 196 valence electrons. The first-order valence-electron chi connectivity index (χ1n) is 13.1. The third kappa shape index (κ3) is 6.03. The fourth-order valence-electron chi connectivity index (χ4n) is 4.72. The Morgan fingerprint density at radius 1 is 1.00 bits per heavy atom. The molecule has 0 unspecified atom stereocenters. The van der Waals surface area contributed by atoms with E-state index < -0.39 is 0 Å². The molecule has 2 N–H and O–H groups in total. The number of thiophene rings is 1. The fourth-order valence-corrected chi connectivity index (χ4v) is 6.82. The number of anilines is 1. The number of imidazole rings is 1. The molecule has 5 rings (SSSR count). The number of fused-ring (bicyclic) bond motifs is 1. The van der Waals surface area contributed by atoms with Crippen LogP contribution in [-0.4, -0.2) is 34.2 Å². The normalized spacial score (nSPS) is 13.0. The molecule has 0 saturated heterocycles. The predicted octanol–water partition coefficient (Wildman–Crippen LogP) is 7.37. The van der Waals surface area contributed by atoms with Gasteiger partial charge in [0.05, 0.1) is 23.6 Å². The fraction of sp³-hybridized carbons (Fsp3) is 0.300. The van der Waals surface area contributed by atoms with Crippen molar-refractivity contribution in [1.29, 1.82) is 0 Å². The van der Waals surface area contributed by atoms with Crippen LogP contribution in [0.2, 0.25) is 0 Å². The number of carbonyl (C=O) groups is 2. The molecule has 6 nitrogen and oxygen atoms in total. The monoisotopic (exact) mass is 545 g/mol. The molecule has 1 amide bonds. The Kier molecular flexibility index (Phi) is 8.61. The van der Waals surface area contributed by atoms with Crippen molar-refractivity contribution in [3.63, 3.8) is 0 Å². The van der Waals surface area contributed by atoms with E-state index in [1.807, 2.05) is 48.5 Å². The van der Waals surface area contributed by atoms with E-state index in [1.54, 1.807) is 6.92 Å². The summed E-state index contributed by atoms with van der Waals surface area (Å²) in [5.74, 6) is 0.105. The van der Waals surface area contributed by atoms with Gasteiger partial charge in [0.15, 0.2) is 5.16 Å². The van der Waals surface area contributed by atoms with Gasteiger partial charge in [0, 0.05) is 28.2 Å². The summed E-state index contributed by atoms with van der Waals surface area (Å²) in [6, 6.07) is 20.2. The SMILES string of the molecule is CCOC(=O)c1c(NC(=O)CCSc2nc(-c3ccccc3)c(-c3ccccc3)[nH]2)sc2c1CCCCC2. The molecule has 0 saturated carbocycles. The number of aryl methyl sites for hydroxylation is 1. The first kappa shape index (κ1) is 26.3. The summed E-state index contributed by atoms with van der Waals surface area (Å²) >= 11 is 3.05. The van der Waals surface area contributed by atoms with Crippen LogP contribution in [0.25, 0.3) is 22.5 Å². The van der Waals surface area contributed by atoms with Gasteiger partial charge in [0.1, 0.15) is 5.00 Å². The largest absolute Gasteiger partial charge is 0.462 e. The minimum Gasteiger partial charge on any atom is -0.462 e. The Balaban J connectivity index is 1.28. The van der Waals surface area contributed by atoms with Crippen LogP contribution in [0.15, 0.2) is 65.8 Å². The molecule has 0 atom stereocenters. The summed E-state index contributed by atoms with van der Waals surface area (Å²) in [6.45, 7) is 2.12. The lowest BCUT2D eigenvalue weighted by Gasteiger charge is -2.08. The minimum atomic E-state index is -0.339. The van der Waals surface area contributed by atoms with Crippen LogP contribution in [-0.2, 0) is 22.4 Å². The predicted molar refractivity (Wildman–Crippen MR) is 155 cm³/mol. The Morgan fingerprint density at radius 3 is 2.45 bits per heavy atom.